The van der Waals surface area contributed by atoms with Crippen LogP contribution in [0.25, 0.3) is 5.69 Å². The van der Waals surface area contributed by atoms with Gasteiger partial charge in [0.15, 0.2) is 0 Å². The lowest BCUT2D eigenvalue weighted by molar-refractivity contribution is 0.0358. The molecule has 3 heterocycles. The molecule has 2 unspecified atom stereocenters. The van der Waals surface area contributed by atoms with Gasteiger partial charge in [0.2, 0.25) is 5.88 Å². The lowest BCUT2D eigenvalue weighted by Crippen LogP contribution is -2.49. The fourth-order valence-electron chi connectivity index (χ4n) is 3.73. The monoisotopic (exact) mass is 547 g/mol. The van der Waals surface area contributed by atoms with Gasteiger partial charge in [-0.25, -0.2) is 9.78 Å². The number of esters is 1. The van der Waals surface area contributed by atoms with Crippen LogP contribution >= 0.6 is 22.6 Å². The second kappa shape index (κ2) is 9.63. The predicted molar refractivity (Wildman–Crippen MR) is 124 cm³/mol. The molecule has 1 fully saturated rings. The fraction of sp³-hybridized carbons (Fsp3) is 0.318. The number of hydrogen-bond acceptors (Lipinski definition) is 7. The average molecular weight is 547 g/mol. The highest BCUT2D eigenvalue weighted by Crippen LogP contribution is 2.28. The van der Waals surface area contributed by atoms with Crippen molar-refractivity contribution in [3.63, 3.8) is 0 Å². The zero-order valence-electron chi connectivity index (χ0n) is 17.6. The molecule has 32 heavy (non-hydrogen) atoms. The SMILES string of the molecule is COC(=O)c1c(I)ccnc1OC1CCC(C)N(C(=O)c2ccccc2-n2nccn2)C1. The minimum atomic E-state index is -0.504. The highest BCUT2D eigenvalue weighted by molar-refractivity contribution is 14.1. The van der Waals surface area contributed by atoms with Crippen LogP contribution in [0, 0.1) is 3.57 Å². The first-order valence-electron chi connectivity index (χ1n) is 10.2. The molecule has 2 aromatic heterocycles. The van der Waals surface area contributed by atoms with Crippen molar-refractivity contribution in [2.75, 3.05) is 13.7 Å². The van der Waals surface area contributed by atoms with Crippen LogP contribution in [0.4, 0.5) is 0 Å². The minimum absolute atomic E-state index is 0.0323. The van der Waals surface area contributed by atoms with Crippen molar-refractivity contribution in [3.05, 3.63) is 63.6 Å². The Labute approximate surface area is 198 Å². The lowest BCUT2D eigenvalue weighted by atomic mass is 9.99. The smallest absolute Gasteiger partial charge is 0.344 e. The summed E-state index contributed by atoms with van der Waals surface area (Å²) in [5.74, 6) is -0.408. The summed E-state index contributed by atoms with van der Waals surface area (Å²) in [6, 6.07) is 9.01. The number of carbonyl (C=O) groups excluding carboxylic acids is 2. The van der Waals surface area contributed by atoms with E-state index >= 15 is 0 Å². The van der Waals surface area contributed by atoms with Gasteiger partial charge in [0.25, 0.3) is 5.91 Å². The van der Waals surface area contributed by atoms with Crippen LogP contribution in [-0.4, -0.2) is 62.6 Å². The molecule has 0 bridgehead atoms. The standard InChI is InChI=1S/C22H22IN5O4/c1-14-7-8-15(32-20-19(22(30)31-2)17(23)9-10-24-20)13-27(14)21(29)16-5-3-4-6-18(16)28-25-11-12-26-28/h3-6,9-12,14-15H,7-8,13H2,1-2H3. The first kappa shape index (κ1) is 22.2. The van der Waals surface area contributed by atoms with Crippen LogP contribution in [0.15, 0.2) is 48.9 Å². The quantitative estimate of drug-likeness (QED) is 0.358. The van der Waals surface area contributed by atoms with E-state index in [-0.39, 0.29) is 23.9 Å². The number of methoxy groups -OCH3 is 1. The Morgan fingerprint density at radius 3 is 2.59 bits per heavy atom. The molecule has 166 valence electrons. The summed E-state index contributed by atoms with van der Waals surface area (Å²) < 4.78 is 11.7. The van der Waals surface area contributed by atoms with E-state index in [0.717, 1.165) is 12.8 Å². The number of rotatable bonds is 5. The van der Waals surface area contributed by atoms with Gasteiger partial charge < -0.3 is 14.4 Å². The van der Waals surface area contributed by atoms with Crippen molar-refractivity contribution < 1.29 is 19.1 Å². The van der Waals surface area contributed by atoms with Crippen molar-refractivity contribution in [2.24, 2.45) is 0 Å². The molecule has 0 saturated carbocycles. The Morgan fingerprint density at radius 1 is 1.09 bits per heavy atom. The van der Waals surface area contributed by atoms with Gasteiger partial charge in [0.05, 0.1) is 37.3 Å². The molecule has 3 aromatic rings. The molecule has 0 N–H and O–H groups in total. The number of para-hydroxylation sites is 1. The van der Waals surface area contributed by atoms with Crippen LogP contribution in [0.5, 0.6) is 5.88 Å². The van der Waals surface area contributed by atoms with E-state index < -0.39 is 5.97 Å². The summed E-state index contributed by atoms with van der Waals surface area (Å²) in [7, 11) is 1.32. The lowest BCUT2D eigenvalue weighted by Gasteiger charge is -2.38. The highest BCUT2D eigenvalue weighted by atomic mass is 127. The van der Waals surface area contributed by atoms with Gasteiger partial charge >= 0.3 is 5.97 Å². The molecule has 1 aliphatic heterocycles. The summed E-state index contributed by atoms with van der Waals surface area (Å²) in [5.41, 5.74) is 1.42. The number of hydrogen-bond donors (Lipinski definition) is 0. The van der Waals surface area contributed by atoms with Crippen LogP contribution in [-0.2, 0) is 4.74 Å². The zero-order chi connectivity index (χ0) is 22.7. The number of carbonyl (C=O) groups is 2. The Balaban J connectivity index is 1.58. The summed E-state index contributed by atoms with van der Waals surface area (Å²) in [4.78, 5) is 33.2. The van der Waals surface area contributed by atoms with Crippen LogP contribution in [0.3, 0.4) is 0 Å². The third kappa shape index (κ3) is 4.45. The Morgan fingerprint density at radius 2 is 1.84 bits per heavy atom. The maximum Gasteiger partial charge on any atom is 0.344 e. The molecule has 1 saturated heterocycles. The molecule has 0 radical (unpaired) electrons. The van der Waals surface area contributed by atoms with Gasteiger partial charge in [-0.2, -0.15) is 15.0 Å². The van der Waals surface area contributed by atoms with E-state index in [1.54, 1.807) is 35.6 Å². The van der Waals surface area contributed by atoms with Gasteiger partial charge in [-0.05, 0) is 60.6 Å². The number of piperidine rings is 1. The van der Waals surface area contributed by atoms with Crippen LogP contribution in [0.2, 0.25) is 0 Å². The normalized spacial score (nSPS) is 18.3. The first-order chi connectivity index (χ1) is 15.5. The zero-order valence-corrected chi connectivity index (χ0v) is 19.8. The van der Waals surface area contributed by atoms with Gasteiger partial charge in [-0.1, -0.05) is 12.1 Å². The number of pyridine rings is 1. The van der Waals surface area contributed by atoms with Gasteiger partial charge in [-0.3, -0.25) is 4.79 Å². The minimum Gasteiger partial charge on any atom is -0.472 e. The molecular formula is C22H22IN5O4. The number of halogens is 1. The van der Waals surface area contributed by atoms with E-state index in [1.807, 2.05) is 25.1 Å². The summed E-state index contributed by atoms with van der Waals surface area (Å²) in [6.07, 6.45) is 5.92. The number of likely N-dealkylation sites (tertiary alicyclic amines) is 1. The average Bonchev–Trinajstić information content (AvgIpc) is 3.34. The molecule has 4 rings (SSSR count). The van der Waals surface area contributed by atoms with Gasteiger partial charge in [0.1, 0.15) is 11.7 Å². The molecule has 1 aromatic carbocycles. The van der Waals surface area contributed by atoms with Crippen molar-refractivity contribution in [1.29, 1.82) is 0 Å². The molecule has 2 atom stereocenters. The van der Waals surface area contributed by atoms with Crippen LogP contribution in [0.1, 0.15) is 40.5 Å². The number of ether oxygens (including phenoxy) is 2. The number of aromatic nitrogens is 4. The molecule has 0 spiro atoms. The molecule has 1 amide bonds. The summed E-state index contributed by atoms with van der Waals surface area (Å²) >= 11 is 2.05. The Bertz CT molecular complexity index is 1120. The Hall–Kier alpha value is -3.02. The molecule has 0 aliphatic carbocycles. The summed E-state index contributed by atoms with van der Waals surface area (Å²) in [5, 5.41) is 8.33. The second-order valence-electron chi connectivity index (χ2n) is 7.42. The molecule has 9 nitrogen and oxygen atoms in total. The van der Waals surface area contributed by atoms with E-state index in [4.69, 9.17) is 9.47 Å². The number of nitrogens with zero attached hydrogens (tertiary/aromatic N) is 5. The van der Waals surface area contributed by atoms with E-state index in [1.165, 1.54) is 11.9 Å². The third-order valence-corrected chi connectivity index (χ3v) is 6.30. The van der Waals surface area contributed by atoms with E-state index in [2.05, 4.69) is 37.8 Å². The highest BCUT2D eigenvalue weighted by Gasteiger charge is 2.33. The van der Waals surface area contributed by atoms with Crippen molar-refractivity contribution in [3.8, 4) is 11.6 Å². The summed E-state index contributed by atoms with van der Waals surface area (Å²) in [6.45, 7) is 2.39. The fourth-order valence-corrected chi connectivity index (χ4v) is 4.34. The van der Waals surface area contributed by atoms with Crippen LogP contribution < -0.4 is 4.74 Å². The van der Waals surface area contributed by atoms with E-state index in [9.17, 15) is 9.59 Å². The molecular weight excluding hydrogens is 525 g/mol. The number of benzene rings is 1. The van der Waals surface area contributed by atoms with Crippen molar-refractivity contribution >= 4 is 34.5 Å². The molecule has 1 aliphatic rings. The van der Waals surface area contributed by atoms with Crippen molar-refractivity contribution in [2.45, 2.75) is 31.9 Å². The molecule has 10 heteroatoms. The third-order valence-electron chi connectivity index (χ3n) is 5.40. The predicted octanol–water partition coefficient (Wildman–Crippen LogP) is 3.13. The van der Waals surface area contributed by atoms with Gasteiger partial charge in [-0.15, -0.1) is 0 Å². The van der Waals surface area contributed by atoms with E-state index in [0.29, 0.717) is 26.9 Å². The Kier molecular flexibility index (Phi) is 6.68. The van der Waals surface area contributed by atoms with Gasteiger partial charge in [0, 0.05) is 15.8 Å². The van der Waals surface area contributed by atoms with Crippen molar-refractivity contribution in [1.82, 2.24) is 24.9 Å². The number of amides is 1. The first-order valence-corrected chi connectivity index (χ1v) is 11.2. The maximum atomic E-state index is 13.5. The largest absolute Gasteiger partial charge is 0.472 e. The topological polar surface area (TPSA) is 99.4 Å². The maximum absolute atomic E-state index is 13.5. The second-order valence-corrected chi connectivity index (χ2v) is 8.59.